The number of benzene rings is 1. The van der Waals surface area contributed by atoms with Crippen LogP contribution in [0, 0.1) is 11.8 Å². The zero-order valence-electron chi connectivity index (χ0n) is 11.3. The van der Waals surface area contributed by atoms with Gasteiger partial charge >= 0.3 is 12.6 Å². The minimum Gasteiger partial charge on any atom is -0.493 e. The molecule has 0 heterocycles. The van der Waals surface area contributed by atoms with Crippen molar-refractivity contribution in [1.82, 2.24) is 0 Å². The van der Waals surface area contributed by atoms with E-state index in [-0.39, 0.29) is 30.0 Å². The minimum atomic E-state index is -2.91. The van der Waals surface area contributed by atoms with Crippen LogP contribution >= 0.6 is 0 Å². The zero-order valence-corrected chi connectivity index (χ0v) is 11.3. The molecule has 1 fully saturated rings. The third kappa shape index (κ3) is 3.59. The number of alkyl halides is 2. The molecule has 1 aliphatic carbocycles. The maximum absolute atomic E-state index is 12.2. The third-order valence-corrected chi connectivity index (χ3v) is 3.24. The number of methoxy groups -OCH3 is 1. The fourth-order valence-electron chi connectivity index (χ4n) is 1.91. The van der Waals surface area contributed by atoms with Gasteiger partial charge in [-0.3, -0.25) is 4.79 Å². The Morgan fingerprint density at radius 1 is 1.40 bits per heavy atom. The Hall–Kier alpha value is -1.85. The summed E-state index contributed by atoms with van der Waals surface area (Å²) in [6.45, 7) is -0.831. The Labute approximate surface area is 115 Å². The Bertz CT molecular complexity index is 490. The summed E-state index contributed by atoms with van der Waals surface area (Å²) in [5.41, 5.74) is 0.658. The molecule has 0 saturated heterocycles. The summed E-state index contributed by atoms with van der Waals surface area (Å²) in [5, 5.41) is 0. The first-order valence-corrected chi connectivity index (χ1v) is 6.29. The number of esters is 1. The van der Waals surface area contributed by atoms with Crippen molar-refractivity contribution in [2.24, 2.45) is 11.8 Å². The lowest BCUT2D eigenvalue weighted by molar-refractivity contribution is -0.146. The van der Waals surface area contributed by atoms with Crippen LogP contribution in [-0.2, 0) is 16.1 Å². The average Bonchev–Trinajstić information content (AvgIpc) is 3.13. The summed E-state index contributed by atoms with van der Waals surface area (Å²) in [5.74, 6) is 0.300. The Morgan fingerprint density at radius 2 is 2.10 bits per heavy atom. The van der Waals surface area contributed by atoms with Crippen molar-refractivity contribution < 1.29 is 27.8 Å². The average molecular weight is 286 g/mol. The van der Waals surface area contributed by atoms with Gasteiger partial charge in [-0.25, -0.2) is 0 Å². The van der Waals surface area contributed by atoms with Crippen molar-refractivity contribution in [2.45, 2.75) is 26.6 Å². The van der Waals surface area contributed by atoms with Crippen LogP contribution in [0.1, 0.15) is 18.9 Å². The van der Waals surface area contributed by atoms with Gasteiger partial charge in [-0.2, -0.15) is 8.78 Å². The summed E-state index contributed by atoms with van der Waals surface area (Å²) in [7, 11) is 1.36. The van der Waals surface area contributed by atoms with Crippen molar-refractivity contribution in [3.8, 4) is 11.5 Å². The maximum atomic E-state index is 12.2. The van der Waals surface area contributed by atoms with E-state index in [4.69, 9.17) is 9.47 Å². The van der Waals surface area contributed by atoms with Crippen molar-refractivity contribution in [3.63, 3.8) is 0 Å². The number of carbonyl (C=O) groups is 1. The number of carbonyl (C=O) groups excluding carboxylic acids is 1. The molecule has 20 heavy (non-hydrogen) atoms. The molecule has 0 bridgehead atoms. The summed E-state index contributed by atoms with van der Waals surface area (Å²) in [6, 6.07) is 4.44. The Morgan fingerprint density at radius 3 is 2.65 bits per heavy atom. The highest BCUT2D eigenvalue weighted by molar-refractivity contribution is 5.75. The molecule has 6 heteroatoms. The number of rotatable bonds is 6. The van der Waals surface area contributed by atoms with E-state index < -0.39 is 6.61 Å². The Balaban J connectivity index is 1.96. The molecule has 2 rings (SSSR count). The van der Waals surface area contributed by atoms with Gasteiger partial charge in [0.25, 0.3) is 0 Å². The molecule has 0 spiro atoms. The summed E-state index contributed by atoms with van der Waals surface area (Å²) in [6.07, 6.45) is 0.864. The standard InChI is InChI=1S/C14H16F2O4/c1-8-5-10(8)13(17)19-7-9-3-4-11(20-14(15)16)12(6-9)18-2/h3-4,6,8,10,14H,5,7H2,1-2H3. The quantitative estimate of drug-likeness (QED) is 0.754. The zero-order chi connectivity index (χ0) is 14.7. The van der Waals surface area contributed by atoms with Gasteiger partial charge in [0.05, 0.1) is 13.0 Å². The lowest BCUT2D eigenvalue weighted by Gasteiger charge is -2.11. The smallest absolute Gasteiger partial charge is 0.387 e. The first-order chi connectivity index (χ1) is 9.51. The van der Waals surface area contributed by atoms with Crippen LogP contribution in [0.4, 0.5) is 8.78 Å². The van der Waals surface area contributed by atoms with Crippen LogP contribution in [0.3, 0.4) is 0 Å². The SMILES string of the molecule is COc1cc(COC(=O)C2CC2C)ccc1OC(F)F. The van der Waals surface area contributed by atoms with Crippen molar-refractivity contribution in [2.75, 3.05) is 7.11 Å². The van der Waals surface area contributed by atoms with Crippen molar-refractivity contribution in [1.29, 1.82) is 0 Å². The van der Waals surface area contributed by atoms with Gasteiger partial charge in [0.15, 0.2) is 11.5 Å². The molecule has 2 unspecified atom stereocenters. The number of hydrogen-bond acceptors (Lipinski definition) is 4. The fraction of sp³-hybridized carbons (Fsp3) is 0.500. The monoisotopic (exact) mass is 286 g/mol. The molecule has 110 valence electrons. The highest BCUT2D eigenvalue weighted by atomic mass is 19.3. The first kappa shape index (κ1) is 14.6. The molecule has 1 aromatic rings. The molecule has 2 atom stereocenters. The third-order valence-electron chi connectivity index (χ3n) is 3.24. The van der Waals surface area contributed by atoms with E-state index in [2.05, 4.69) is 4.74 Å². The maximum Gasteiger partial charge on any atom is 0.387 e. The predicted molar refractivity (Wildman–Crippen MR) is 66.7 cm³/mol. The van der Waals surface area contributed by atoms with Gasteiger partial charge in [-0.15, -0.1) is 0 Å². The molecule has 4 nitrogen and oxygen atoms in total. The molecule has 0 N–H and O–H groups in total. The molecular weight excluding hydrogens is 270 g/mol. The number of hydrogen-bond donors (Lipinski definition) is 0. The van der Waals surface area contributed by atoms with E-state index in [0.717, 1.165) is 6.42 Å². The Kier molecular flexibility index (Phi) is 4.42. The molecule has 0 radical (unpaired) electrons. The second kappa shape index (κ2) is 6.07. The van der Waals surface area contributed by atoms with E-state index >= 15 is 0 Å². The van der Waals surface area contributed by atoms with Gasteiger partial charge in [0, 0.05) is 0 Å². The molecular formula is C14H16F2O4. The molecule has 0 amide bonds. The number of ether oxygens (including phenoxy) is 3. The second-order valence-corrected chi connectivity index (χ2v) is 4.79. The highest BCUT2D eigenvalue weighted by Crippen LogP contribution is 2.39. The van der Waals surface area contributed by atoms with E-state index in [1.807, 2.05) is 6.92 Å². The van der Waals surface area contributed by atoms with E-state index in [9.17, 15) is 13.6 Å². The highest BCUT2D eigenvalue weighted by Gasteiger charge is 2.40. The van der Waals surface area contributed by atoms with Gasteiger partial charge in [0.1, 0.15) is 6.61 Å². The van der Waals surface area contributed by atoms with Gasteiger partial charge in [-0.1, -0.05) is 13.0 Å². The molecule has 0 aromatic heterocycles. The minimum absolute atomic E-state index is 0.00154. The van der Waals surface area contributed by atoms with E-state index in [1.54, 1.807) is 6.07 Å². The summed E-state index contributed by atoms with van der Waals surface area (Å²) >= 11 is 0. The lowest BCUT2D eigenvalue weighted by Crippen LogP contribution is -2.08. The van der Waals surface area contributed by atoms with Crippen molar-refractivity contribution >= 4 is 5.97 Å². The lowest BCUT2D eigenvalue weighted by atomic mass is 10.2. The predicted octanol–water partition coefficient (Wildman–Crippen LogP) is 3.00. The van der Waals surface area contributed by atoms with Crippen LogP contribution in [0.2, 0.25) is 0 Å². The van der Waals surface area contributed by atoms with Crippen LogP contribution in [-0.4, -0.2) is 19.7 Å². The largest absolute Gasteiger partial charge is 0.493 e. The van der Waals surface area contributed by atoms with E-state index in [1.165, 1.54) is 19.2 Å². The van der Waals surface area contributed by atoms with Crippen LogP contribution in [0.25, 0.3) is 0 Å². The summed E-state index contributed by atoms with van der Waals surface area (Å²) in [4.78, 5) is 11.6. The molecule has 1 aliphatic rings. The summed E-state index contributed by atoms with van der Waals surface area (Å²) < 4.78 is 38.8. The first-order valence-electron chi connectivity index (χ1n) is 6.29. The number of halogens is 2. The van der Waals surface area contributed by atoms with E-state index in [0.29, 0.717) is 11.5 Å². The van der Waals surface area contributed by atoms with Crippen LogP contribution in [0.15, 0.2) is 18.2 Å². The normalized spacial score (nSPS) is 20.6. The van der Waals surface area contributed by atoms with Crippen molar-refractivity contribution in [3.05, 3.63) is 23.8 Å². The van der Waals surface area contributed by atoms with Gasteiger partial charge in [0.2, 0.25) is 0 Å². The van der Waals surface area contributed by atoms with Crippen LogP contribution < -0.4 is 9.47 Å². The molecule has 0 aliphatic heterocycles. The van der Waals surface area contributed by atoms with Crippen LogP contribution in [0.5, 0.6) is 11.5 Å². The second-order valence-electron chi connectivity index (χ2n) is 4.79. The fourth-order valence-corrected chi connectivity index (χ4v) is 1.91. The topological polar surface area (TPSA) is 44.8 Å². The van der Waals surface area contributed by atoms with Gasteiger partial charge in [-0.05, 0) is 30.0 Å². The molecule has 1 aromatic carbocycles. The molecule has 1 saturated carbocycles. The van der Waals surface area contributed by atoms with Gasteiger partial charge < -0.3 is 14.2 Å².